The molecule has 0 aliphatic rings. The zero-order valence-corrected chi connectivity index (χ0v) is 11.5. The monoisotopic (exact) mass is 348 g/mol. The minimum atomic E-state index is -5.67. The van der Waals surface area contributed by atoms with E-state index in [2.05, 4.69) is 15.9 Å². The van der Waals surface area contributed by atoms with Gasteiger partial charge in [0.15, 0.2) is 0 Å². The molecule has 0 N–H and O–H groups in total. The van der Waals surface area contributed by atoms with Crippen molar-refractivity contribution >= 4 is 15.9 Å². The van der Waals surface area contributed by atoms with Crippen LogP contribution in [0.3, 0.4) is 0 Å². The molecule has 0 bridgehead atoms. The van der Waals surface area contributed by atoms with Crippen molar-refractivity contribution in [1.29, 1.82) is 0 Å². The highest BCUT2D eigenvalue weighted by Gasteiger charge is 2.62. The average Bonchev–Trinajstić information content (AvgIpc) is 2.35. The van der Waals surface area contributed by atoms with E-state index in [1.54, 1.807) is 0 Å². The van der Waals surface area contributed by atoms with Crippen LogP contribution >= 0.6 is 15.9 Å². The Morgan fingerprint density at radius 3 is 2.05 bits per heavy atom. The molecule has 1 aromatic rings. The second-order valence-corrected chi connectivity index (χ2v) is 4.51. The summed E-state index contributed by atoms with van der Waals surface area (Å²) in [7, 11) is 2.45. The Morgan fingerprint density at radius 2 is 1.63 bits per heavy atom. The van der Waals surface area contributed by atoms with Gasteiger partial charge in [0, 0.05) is 5.56 Å². The Labute approximate surface area is 114 Å². The van der Waals surface area contributed by atoms with E-state index in [1.165, 1.54) is 26.4 Å². The fourth-order valence-electron chi connectivity index (χ4n) is 1.38. The third kappa shape index (κ3) is 3.10. The Morgan fingerprint density at radius 1 is 1.05 bits per heavy atom. The highest BCUT2D eigenvalue weighted by Crippen LogP contribution is 2.51. The summed E-state index contributed by atoms with van der Waals surface area (Å²) in [4.78, 5) is -2.27. The van der Waals surface area contributed by atoms with Crippen LogP contribution in [0.5, 0.6) is 11.5 Å². The largest absolute Gasteiger partial charge is 0.497 e. The van der Waals surface area contributed by atoms with Gasteiger partial charge in [-0.3, -0.25) is 0 Å². The van der Waals surface area contributed by atoms with E-state index in [4.69, 9.17) is 9.47 Å². The molecular formula is C11H10BrF5O2. The molecule has 0 spiro atoms. The van der Waals surface area contributed by atoms with Crippen LogP contribution in [0.15, 0.2) is 18.2 Å². The first-order valence-electron chi connectivity index (χ1n) is 4.95. The van der Waals surface area contributed by atoms with E-state index in [1.807, 2.05) is 0 Å². The molecule has 1 atom stereocenters. The molecular weight excluding hydrogens is 339 g/mol. The zero-order chi connectivity index (χ0) is 14.8. The molecule has 0 heterocycles. The van der Waals surface area contributed by atoms with Gasteiger partial charge in [0.25, 0.3) is 0 Å². The molecule has 2 nitrogen and oxygen atoms in total. The van der Waals surface area contributed by atoms with Gasteiger partial charge in [-0.05, 0) is 18.2 Å². The van der Waals surface area contributed by atoms with E-state index in [0.29, 0.717) is 0 Å². The number of ether oxygens (including phenoxy) is 2. The number of halogens is 6. The van der Waals surface area contributed by atoms with Gasteiger partial charge in [0.2, 0.25) is 0 Å². The summed E-state index contributed by atoms with van der Waals surface area (Å²) >= 11 is 2.39. The van der Waals surface area contributed by atoms with E-state index in [0.717, 1.165) is 6.07 Å². The summed E-state index contributed by atoms with van der Waals surface area (Å²) in [6.07, 6.45) is -5.67. The van der Waals surface area contributed by atoms with Gasteiger partial charge in [0.05, 0.1) is 14.2 Å². The normalized spacial score (nSPS) is 14.1. The van der Waals surface area contributed by atoms with Crippen LogP contribution < -0.4 is 9.47 Å². The SMILES string of the molecule is COc1ccc(OC)c(C(Br)C(F)(F)C(F)(F)F)c1. The fourth-order valence-corrected chi connectivity index (χ4v) is 1.99. The van der Waals surface area contributed by atoms with Crippen LogP contribution in [-0.4, -0.2) is 26.3 Å². The number of methoxy groups -OCH3 is 2. The highest BCUT2D eigenvalue weighted by molar-refractivity contribution is 9.09. The third-order valence-corrected chi connectivity index (χ3v) is 3.47. The number of alkyl halides is 6. The molecule has 108 valence electrons. The Hall–Kier alpha value is -1.05. The second kappa shape index (κ2) is 5.52. The topological polar surface area (TPSA) is 18.5 Å². The predicted octanol–water partition coefficient (Wildman–Crippen LogP) is 4.34. The van der Waals surface area contributed by atoms with Crippen LogP contribution in [0, 0.1) is 0 Å². The number of rotatable bonds is 4. The maximum Gasteiger partial charge on any atom is 0.454 e. The molecule has 0 saturated carbocycles. The molecule has 0 aromatic heterocycles. The lowest BCUT2D eigenvalue weighted by Gasteiger charge is -2.26. The van der Waals surface area contributed by atoms with Crippen molar-refractivity contribution < 1.29 is 31.4 Å². The number of hydrogen-bond donors (Lipinski definition) is 0. The highest BCUT2D eigenvalue weighted by atomic mass is 79.9. The molecule has 8 heteroatoms. The lowest BCUT2D eigenvalue weighted by atomic mass is 10.0. The molecule has 19 heavy (non-hydrogen) atoms. The van der Waals surface area contributed by atoms with Crippen molar-refractivity contribution in [2.45, 2.75) is 16.9 Å². The molecule has 0 aliphatic heterocycles. The summed E-state index contributed by atoms with van der Waals surface area (Å²) < 4.78 is 73.2. The first-order valence-corrected chi connectivity index (χ1v) is 5.87. The molecule has 0 saturated heterocycles. The van der Waals surface area contributed by atoms with Crippen LogP contribution in [0.2, 0.25) is 0 Å². The minimum Gasteiger partial charge on any atom is -0.497 e. The number of benzene rings is 1. The van der Waals surface area contributed by atoms with Crippen molar-refractivity contribution in [1.82, 2.24) is 0 Å². The lowest BCUT2D eigenvalue weighted by Crippen LogP contribution is -2.40. The molecule has 1 aromatic carbocycles. The molecule has 0 fully saturated rings. The van der Waals surface area contributed by atoms with Crippen molar-refractivity contribution in [2.24, 2.45) is 0 Å². The molecule has 0 radical (unpaired) electrons. The van der Waals surface area contributed by atoms with Gasteiger partial charge >= 0.3 is 12.1 Å². The van der Waals surface area contributed by atoms with Gasteiger partial charge in [-0.2, -0.15) is 22.0 Å². The fraction of sp³-hybridized carbons (Fsp3) is 0.455. The van der Waals surface area contributed by atoms with Crippen molar-refractivity contribution in [3.05, 3.63) is 23.8 Å². The zero-order valence-electron chi connectivity index (χ0n) is 9.89. The minimum absolute atomic E-state index is 0.0911. The first-order chi connectivity index (χ1) is 8.65. The lowest BCUT2D eigenvalue weighted by molar-refractivity contribution is -0.281. The van der Waals surface area contributed by atoms with E-state index in [-0.39, 0.29) is 17.1 Å². The van der Waals surface area contributed by atoms with Crippen molar-refractivity contribution in [3.63, 3.8) is 0 Å². The second-order valence-electron chi connectivity index (χ2n) is 3.59. The third-order valence-electron chi connectivity index (χ3n) is 2.41. The molecule has 0 aliphatic carbocycles. The van der Waals surface area contributed by atoms with Crippen LogP contribution in [0.25, 0.3) is 0 Å². The van der Waals surface area contributed by atoms with E-state index in [9.17, 15) is 22.0 Å². The molecule has 1 rings (SSSR count). The van der Waals surface area contributed by atoms with E-state index >= 15 is 0 Å². The smallest absolute Gasteiger partial charge is 0.454 e. The van der Waals surface area contributed by atoms with Crippen molar-refractivity contribution in [3.8, 4) is 11.5 Å². The maximum absolute atomic E-state index is 13.3. The summed E-state index contributed by atoms with van der Waals surface area (Å²) in [6.45, 7) is 0. The van der Waals surface area contributed by atoms with Gasteiger partial charge in [-0.25, -0.2) is 0 Å². The quantitative estimate of drug-likeness (QED) is 0.595. The van der Waals surface area contributed by atoms with Crippen LogP contribution in [0.1, 0.15) is 10.4 Å². The summed E-state index contributed by atoms with van der Waals surface area (Å²) in [5.74, 6) is -4.88. The Bertz CT molecular complexity index is 447. The van der Waals surface area contributed by atoms with Gasteiger partial charge < -0.3 is 9.47 Å². The summed E-state index contributed by atoms with van der Waals surface area (Å²) in [5, 5.41) is 0. The maximum atomic E-state index is 13.3. The van der Waals surface area contributed by atoms with Gasteiger partial charge in [0.1, 0.15) is 16.3 Å². The molecule has 0 amide bonds. The Kier molecular flexibility index (Phi) is 4.65. The first kappa shape index (κ1) is 16.0. The van der Waals surface area contributed by atoms with Crippen LogP contribution in [-0.2, 0) is 0 Å². The van der Waals surface area contributed by atoms with Crippen molar-refractivity contribution in [2.75, 3.05) is 14.2 Å². The van der Waals surface area contributed by atoms with Crippen LogP contribution in [0.4, 0.5) is 22.0 Å². The van der Waals surface area contributed by atoms with E-state index < -0.39 is 16.9 Å². The predicted molar refractivity (Wildman–Crippen MR) is 62.2 cm³/mol. The van der Waals surface area contributed by atoms with Gasteiger partial charge in [-0.15, -0.1) is 0 Å². The molecule has 1 unspecified atom stereocenters. The standard InChI is InChI=1S/C11H10BrF5O2/c1-18-6-3-4-8(19-2)7(5-6)9(12)10(13,14)11(15,16)17/h3-5,9H,1-2H3. The number of hydrogen-bond acceptors (Lipinski definition) is 2. The van der Waals surface area contributed by atoms with Gasteiger partial charge in [-0.1, -0.05) is 15.9 Å². The summed E-state index contributed by atoms with van der Waals surface area (Å²) in [5.41, 5.74) is -0.343. The average molecular weight is 349 g/mol. The summed E-state index contributed by atoms with van der Waals surface area (Å²) in [6, 6.07) is 3.72. The Balaban J connectivity index is 3.28.